The zero-order valence-corrected chi connectivity index (χ0v) is 16.6. The third kappa shape index (κ3) is 4.93. The third-order valence-corrected chi connectivity index (χ3v) is 7.50. The second-order valence-corrected chi connectivity index (χ2v) is 9.29. The molecular weight excluding hydrogens is 350 g/mol. The summed E-state index contributed by atoms with van der Waals surface area (Å²) in [5.41, 5.74) is 0. The Morgan fingerprint density at radius 3 is 2.69 bits per heavy atom. The lowest BCUT2D eigenvalue weighted by molar-refractivity contribution is -0.136. The Morgan fingerprint density at radius 1 is 1.27 bits per heavy atom. The number of likely N-dealkylation sites (N-methyl/N-ethyl adjacent to an activating group) is 1. The molecule has 148 valence electrons. The van der Waals surface area contributed by atoms with Gasteiger partial charge in [-0.15, -0.1) is 0 Å². The molecule has 2 N–H and O–H groups in total. The van der Waals surface area contributed by atoms with Gasteiger partial charge in [-0.3, -0.25) is 14.7 Å². The molecule has 0 spiro atoms. The van der Waals surface area contributed by atoms with Crippen molar-refractivity contribution in [3.05, 3.63) is 0 Å². The molecule has 2 aliphatic carbocycles. The van der Waals surface area contributed by atoms with Gasteiger partial charge in [-0.25, -0.2) is 0 Å². The van der Waals surface area contributed by atoms with Gasteiger partial charge in [0.2, 0.25) is 0 Å². The molecule has 0 aromatic rings. The van der Waals surface area contributed by atoms with Gasteiger partial charge in [-0.2, -0.15) is 16.9 Å². The molecule has 26 heavy (non-hydrogen) atoms. The Balaban J connectivity index is 1.54. The molecule has 3 fully saturated rings. The molecule has 0 radical (unpaired) electrons. The van der Waals surface area contributed by atoms with Gasteiger partial charge in [0.1, 0.15) is 0 Å². The average Bonchev–Trinajstić information content (AvgIpc) is 3.19. The van der Waals surface area contributed by atoms with Gasteiger partial charge in [-0.1, -0.05) is 26.2 Å². The maximum atomic E-state index is 10.7. The Kier molecular flexibility index (Phi) is 7.23. The van der Waals surface area contributed by atoms with Crippen LogP contribution in [-0.2, 0) is 4.79 Å². The van der Waals surface area contributed by atoms with E-state index in [2.05, 4.69) is 16.8 Å². The highest BCUT2D eigenvalue weighted by molar-refractivity contribution is 7.99. The molecule has 0 aromatic heterocycles. The van der Waals surface area contributed by atoms with E-state index in [1.54, 1.807) is 18.0 Å². The number of aliphatic hydroxyl groups is 1. The van der Waals surface area contributed by atoms with Gasteiger partial charge in [0.05, 0.1) is 31.4 Å². The van der Waals surface area contributed by atoms with Crippen molar-refractivity contribution in [3.8, 4) is 0 Å². The van der Waals surface area contributed by atoms with Gasteiger partial charge >= 0.3 is 5.97 Å². The van der Waals surface area contributed by atoms with Gasteiger partial charge in [0.15, 0.2) is 0 Å². The second kappa shape index (κ2) is 9.42. The predicted octanol–water partition coefficient (Wildman–Crippen LogP) is 2.62. The molecule has 7 heteroatoms. The first kappa shape index (κ1) is 20.0. The molecule has 0 amide bonds. The summed E-state index contributed by atoms with van der Waals surface area (Å²) in [6.07, 6.45) is 9.73. The van der Waals surface area contributed by atoms with Crippen molar-refractivity contribution >= 4 is 23.9 Å². The van der Waals surface area contributed by atoms with Crippen molar-refractivity contribution in [3.63, 3.8) is 0 Å². The van der Waals surface area contributed by atoms with Crippen LogP contribution in [0.2, 0.25) is 0 Å². The topological polar surface area (TPSA) is 76.4 Å². The monoisotopic (exact) mass is 383 g/mol. The minimum absolute atomic E-state index is 0.240. The van der Waals surface area contributed by atoms with E-state index in [1.165, 1.54) is 19.3 Å². The Hall–Kier alpha value is -0.790. The van der Waals surface area contributed by atoms with E-state index in [0.717, 1.165) is 38.9 Å². The highest BCUT2D eigenvalue weighted by Gasteiger charge is 2.46. The molecule has 4 atom stereocenters. The van der Waals surface area contributed by atoms with Crippen LogP contribution in [0.25, 0.3) is 0 Å². The van der Waals surface area contributed by atoms with E-state index in [0.29, 0.717) is 29.0 Å². The van der Waals surface area contributed by atoms with Crippen molar-refractivity contribution in [1.82, 2.24) is 9.91 Å². The van der Waals surface area contributed by atoms with Crippen LogP contribution in [-0.4, -0.2) is 74.7 Å². The highest BCUT2D eigenvalue weighted by Crippen LogP contribution is 2.40. The summed E-state index contributed by atoms with van der Waals surface area (Å²) in [6, 6.07) is 0.901. The van der Waals surface area contributed by atoms with Crippen LogP contribution in [0.3, 0.4) is 0 Å². The van der Waals surface area contributed by atoms with Crippen molar-refractivity contribution in [2.75, 3.05) is 19.0 Å². The largest absolute Gasteiger partial charge is 0.481 e. The molecule has 1 saturated heterocycles. The molecule has 6 nitrogen and oxygen atoms in total. The van der Waals surface area contributed by atoms with Crippen molar-refractivity contribution in [2.45, 2.75) is 81.7 Å². The Morgan fingerprint density at radius 2 is 2.00 bits per heavy atom. The van der Waals surface area contributed by atoms with Crippen molar-refractivity contribution < 1.29 is 15.0 Å². The van der Waals surface area contributed by atoms with Crippen LogP contribution in [0.4, 0.5) is 0 Å². The van der Waals surface area contributed by atoms with Gasteiger partial charge in [0, 0.05) is 17.0 Å². The zero-order valence-electron chi connectivity index (χ0n) is 15.8. The smallest absolute Gasteiger partial charge is 0.304 e. The standard InChI is InChI=1S/C19H33N3O3S/c1-2-21-13-22(20-12-18(23)14-6-4-3-5-7-14)17-11-15(10-16(17)21)26-9-8-19(24)25/h12,14-18,23H,2-11,13H2,1H3,(H,24,25)/b20-12+. The first-order valence-corrected chi connectivity index (χ1v) is 11.2. The maximum Gasteiger partial charge on any atom is 0.304 e. The van der Waals surface area contributed by atoms with E-state index in [-0.39, 0.29) is 6.42 Å². The molecule has 3 rings (SSSR count). The van der Waals surface area contributed by atoms with Crippen molar-refractivity contribution in [2.24, 2.45) is 11.0 Å². The minimum atomic E-state index is -0.714. The Bertz CT molecular complexity index is 498. The summed E-state index contributed by atoms with van der Waals surface area (Å²) >= 11 is 1.80. The van der Waals surface area contributed by atoms with Crippen LogP contribution in [0.1, 0.15) is 58.3 Å². The summed E-state index contributed by atoms with van der Waals surface area (Å²) < 4.78 is 0. The number of hydrazone groups is 1. The lowest BCUT2D eigenvalue weighted by Crippen LogP contribution is -2.31. The van der Waals surface area contributed by atoms with E-state index in [4.69, 9.17) is 10.2 Å². The molecule has 0 bridgehead atoms. The number of thioether (sulfide) groups is 1. The number of rotatable bonds is 8. The summed E-state index contributed by atoms with van der Waals surface area (Å²) in [5, 5.41) is 26.7. The van der Waals surface area contributed by atoms with Crippen LogP contribution in [0.5, 0.6) is 0 Å². The third-order valence-electron chi connectivity index (χ3n) is 6.21. The highest BCUT2D eigenvalue weighted by atomic mass is 32.2. The number of fused-ring (bicyclic) bond motifs is 1. The minimum Gasteiger partial charge on any atom is -0.481 e. The molecule has 4 unspecified atom stereocenters. The van der Waals surface area contributed by atoms with Crippen LogP contribution in [0.15, 0.2) is 5.10 Å². The molecule has 1 aliphatic heterocycles. The number of aliphatic carboxylic acids is 1. The molecular formula is C19H33N3O3S. The number of aliphatic hydroxyl groups excluding tert-OH is 1. The fourth-order valence-electron chi connectivity index (χ4n) is 4.71. The molecule has 0 aromatic carbocycles. The fourth-order valence-corrected chi connectivity index (χ4v) is 6.01. The first-order valence-electron chi connectivity index (χ1n) is 10.1. The first-order chi connectivity index (χ1) is 12.6. The SMILES string of the molecule is CCN1CN(/N=C/C(O)C2CCCCC2)C2CC(SCCC(=O)O)CC21. The molecule has 1 heterocycles. The number of carbonyl (C=O) groups is 1. The van der Waals surface area contributed by atoms with Gasteiger partial charge in [0.25, 0.3) is 0 Å². The molecule has 2 saturated carbocycles. The van der Waals surface area contributed by atoms with E-state index < -0.39 is 12.1 Å². The number of carboxylic acid groups (broad SMARTS) is 1. The lowest BCUT2D eigenvalue weighted by atomic mass is 9.86. The second-order valence-electron chi connectivity index (χ2n) is 7.88. The quantitative estimate of drug-likeness (QED) is 0.628. The van der Waals surface area contributed by atoms with Crippen molar-refractivity contribution in [1.29, 1.82) is 0 Å². The predicted molar refractivity (Wildman–Crippen MR) is 105 cm³/mol. The number of carboxylic acids is 1. The summed E-state index contributed by atoms with van der Waals surface area (Å²) in [4.78, 5) is 13.2. The maximum absolute atomic E-state index is 10.7. The summed E-state index contributed by atoms with van der Waals surface area (Å²) in [6.45, 7) is 4.03. The number of hydrogen-bond acceptors (Lipinski definition) is 6. The lowest BCUT2D eigenvalue weighted by Gasteiger charge is -2.25. The van der Waals surface area contributed by atoms with E-state index in [1.807, 2.05) is 0 Å². The van der Waals surface area contributed by atoms with E-state index >= 15 is 0 Å². The van der Waals surface area contributed by atoms with Gasteiger partial charge < -0.3 is 10.2 Å². The van der Waals surface area contributed by atoms with Crippen LogP contribution >= 0.6 is 11.8 Å². The van der Waals surface area contributed by atoms with E-state index in [9.17, 15) is 9.90 Å². The van der Waals surface area contributed by atoms with Gasteiger partial charge in [-0.05, 0) is 38.1 Å². The fraction of sp³-hybridized carbons (Fsp3) is 0.895. The number of nitrogens with zero attached hydrogens (tertiary/aromatic N) is 3. The van der Waals surface area contributed by atoms with Crippen LogP contribution in [0, 0.1) is 5.92 Å². The number of hydrogen-bond donors (Lipinski definition) is 2. The molecule has 3 aliphatic rings. The zero-order chi connectivity index (χ0) is 18.5. The Labute approximate surface area is 161 Å². The average molecular weight is 384 g/mol. The summed E-state index contributed by atoms with van der Waals surface area (Å²) in [5.74, 6) is 0.347. The van der Waals surface area contributed by atoms with Crippen LogP contribution < -0.4 is 0 Å². The summed E-state index contributed by atoms with van der Waals surface area (Å²) in [7, 11) is 0. The normalized spacial score (nSPS) is 31.6.